The molecule has 2 rings (SSSR count). The molecule has 1 aromatic rings. The van der Waals surface area contributed by atoms with Gasteiger partial charge < -0.3 is 0 Å². The summed E-state index contributed by atoms with van der Waals surface area (Å²) in [5.41, 5.74) is 1.16. The Labute approximate surface area is 122 Å². The SMILES string of the molecule is CC1CCN(Cc2ccc(Br)c([N+](=O)[O-])c2)CC1C. The van der Waals surface area contributed by atoms with Crippen molar-refractivity contribution in [1.29, 1.82) is 0 Å². The predicted molar refractivity (Wildman–Crippen MR) is 79.0 cm³/mol. The minimum atomic E-state index is -0.339. The zero-order valence-corrected chi connectivity index (χ0v) is 12.9. The molecule has 0 radical (unpaired) electrons. The van der Waals surface area contributed by atoms with Gasteiger partial charge in [-0.15, -0.1) is 0 Å². The second-order valence-corrected chi connectivity index (χ2v) is 6.38. The quantitative estimate of drug-likeness (QED) is 0.626. The summed E-state index contributed by atoms with van der Waals surface area (Å²) in [5.74, 6) is 1.47. The number of nitro groups is 1. The third kappa shape index (κ3) is 3.54. The normalized spacial score (nSPS) is 24.4. The van der Waals surface area contributed by atoms with E-state index in [1.54, 1.807) is 12.1 Å². The van der Waals surface area contributed by atoms with Crippen molar-refractivity contribution in [3.63, 3.8) is 0 Å². The highest BCUT2D eigenvalue weighted by Crippen LogP contribution is 2.28. The molecule has 1 aliphatic rings. The Kier molecular flexibility index (Phi) is 4.58. The monoisotopic (exact) mass is 326 g/mol. The summed E-state index contributed by atoms with van der Waals surface area (Å²) >= 11 is 3.22. The van der Waals surface area contributed by atoms with Crippen LogP contribution in [0.4, 0.5) is 5.69 Å². The number of piperidine rings is 1. The van der Waals surface area contributed by atoms with E-state index in [0.29, 0.717) is 10.4 Å². The largest absolute Gasteiger partial charge is 0.299 e. The molecule has 1 heterocycles. The van der Waals surface area contributed by atoms with Gasteiger partial charge in [-0.05, 0) is 52.4 Å². The standard InChI is InChI=1S/C14H19BrN2O2/c1-10-5-6-16(8-11(10)2)9-12-3-4-13(15)14(7-12)17(18)19/h3-4,7,10-11H,5-6,8-9H2,1-2H3. The van der Waals surface area contributed by atoms with Crippen molar-refractivity contribution in [3.05, 3.63) is 38.3 Å². The predicted octanol–water partition coefficient (Wildman–Crippen LogP) is 3.84. The second kappa shape index (κ2) is 6.01. The third-order valence-electron chi connectivity index (χ3n) is 4.03. The fourth-order valence-electron chi connectivity index (χ4n) is 2.55. The molecular weight excluding hydrogens is 308 g/mol. The highest BCUT2D eigenvalue weighted by molar-refractivity contribution is 9.10. The lowest BCUT2D eigenvalue weighted by molar-refractivity contribution is -0.385. The van der Waals surface area contributed by atoms with E-state index in [0.717, 1.165) is 31.1 Å². The number of rotatable bonds is 3. The van der Waals surface area contributed by atoms with E-state index in [-0.39, 0.29) is 10.6 Å². The van der Waals surface area contributed by atoms with Crippen LogP contribution < -0.4 is 0 Å². The summed E-state index contributed by atoms with van der Waals surface area (Å²) in [7, 11) is 0. The fraction of sp³-hybridized carbons (Fsp3) is 0.571. The molecule has 0 amide bonds. The molecule has 104 valence electrons. The van der Waals surface area contributed by atoms with Crippen molar-refractivity contribution >= 4 is 21.6 Å². The van der Waals surface area contributed by atoms with Gasteiger partial charge in [0.25, 0.3) is 5.69 Å². The second-order valence-electron chi connectivity index (χ2n) is 5.52. The Morgan fingerprint density at radius 2 is 2.16 bits per heavy atom. The molecule has 1 fully saturated rings. The smallest absolute Gasteiger partial charge is 0.283 e. The summed E-state index contributed by atoms with van der Waals surface area (Å²) in [4.78, 5) is 13.0. The highest BCUT2D eigenvalue weighted by Gasteiger charge is 2.23. The van der Waals surface area contributed by atoms with Crippen LogP contribution in [0.15, 0.2) is 22.7 Å². The van der Waals surface area contributed by atoms with E-state index in [1.165, 1.54) is 6.42 Å². The lowest BCUT2D eigenvalue weighted by Crippen LogP contribution is -2.37. The van der Waals surface area contributed by atoms with Gasteiger partial charge in [0, 0.05) is 19.2 Å². The minimum Gasteiger partial charge on any atom is -0.299 e. The molecule has 1 aliphatic heterocycles. The fourth-order valence-corrected chi connectivity index (χ4v) is 2.94. The molecular formula is C14H19BrN2O2. The van der Waals surface area contributed by atoms with Crippen LogP contribution in [0.3, 0.4) is 0 Å². The molecule has 0 aliphatic carbocycles. The van der Waals surface area contributed by atoms with Crippen LogP contribution in [0, 0.1) is 22.0 Å². The number of halogens is 1. The number of nitro benzene ring substituents is 1. The average Bonchev–Trinajstić information content (AvgIpc) is 2.36. The van der Waals surface area contributed by atoms with E-state index >= 15 is 0 Å². The van der Waals surface area contributed by atoms with Gasteiger partial charge in [0.15, 0.2) is 0 Å². The first kappa shape index (κ1) is 14.5. The average molecular weight is 327 g/mol. The van der Waals surface area contributed by atoms with Gasteiger partial charge in [-0.2, -0.15) is 0 Å². The van der Waals surface area contributed by atoms with Gasteiger partial charge in [-0.25, -0.2) is 0 Å². The highest BCUT2D eigenvalue weighted by atomic mass is 79.9. The summed E-state index contributed by atoms with van der Waals surface area (Å²) in [5, 5.41) is 10.9. The Morgan fingerprint density at radius 1 is 1.42 bits per heavy atom. The van der Waals surface area contributed by atoms with Crippen LogP contribution >= 0.6 is 15.9 Å². The van der Waals surface area contributed by atoms with E-state index in [9.17, 15) is 10.1 Å². The van der Waals surface area contributed by atoms with Crippen molar-refractivity contribution in [2.45, 2.75) is 26.8 Å². The van der Waals surface area contributed by atoms with Crippen LogP contribution in [-0.2, 0) is 6.54 Å². The first-order valence-corrected chi connectivity index (χ1v) is 7.42. The molecule has 4 nitrogen and oxygen atoms in total. The summed E-state index contributed by atoms with van der Waals surface area (Å²) in [6.07, 6.45) is 1.21. The molecule has 0 N–H and O–H groups in total. The van der Waals surface area contributed by atoms with Gasteiger partial charge in [-0.1, -0.05) is 19.9 Å². The van der Waals surface area contributed by atoms with Crippen LogP contribution in [0.1, 0.15) is 25.8 Å². The first-order valence-electron chi connectivity index (χ1n) is 6.62. The number of likely N-dealkylation sites (tertiary alicyclic amines) is 1. The Morgan fingerprint density at radius 3 is 2.79 bits per heavy atom. The third-order valence-corrected chi connectivity index (χ3v) is 4.70. The number of nitrogens with zero attached hydrogens (tertiary/aromatic N) is 2. The van der Waals surface area contributed by atoms with E-state index in [1.807, 2.05) is 6.07 Å². The number of hydrogen-bond donors (Lipinski definition) is 0. The molecule has 0 bridgehead atoms. The molecule has 19 heavy (non-hydrogen) atoms. The zero-order chi connectivity index (χ0) is 14.0. The van der Waals surface area contributed by atoms with Gasteiger partial charge >= 0.3 is 0 Å². The molecule has 1 saturated heterocycles. The van der Waals surface area contributed by atoms with Gasteiger partial charge in [0.1, 0.15) is 0 Å². The maximum absolute atomic E-state index is 10.9. The minimum absolute atomic E-state index is 0.149. The van der Waals surface area contributed by atoms with E-state index in [2.05, 4.69) is 34.7 Å². The Balaban J connectivity index is 2.07. The summed E-state index contributed by atoms with van der Waals surface area (Å²) < 4.78 is 0.543. The Bertz CT molecular complexity index is 479. The first-order chi connectivity index (χ1) is 8.97. The van der Waals surface area contributed by atoms with Crippen LogP contribution in [0.5, 0.6) is 0 Å². The van der Waals surface area contributed by atoms with Crippen LogP contribution in [0.25, 0.3) is 0 Å². The summed E-state index contributed by atoms with van der Waals surface area (Å²) in [6, 6.07) is 5.40. The zero-order valence-electron chi connectivity index (χ0n) is 11.3. The number of benzene rings is 1. The van der Waals surface area contributed by atoms with Gasteiger partial charge in [0.05, 0.1) is 9.40 Å². The number of hydrogen-bond acceptors (Lipinski definition) is 3. The topological polar surface area (TPSA) is 46.4 Å². The van der Waals surface area contributed by atoms with Crippen molar-refractivity contribution in [3.8, 4) is 0 Å². The van der Waals surface area contributed by atoms with Gasteiger partial charge in [-0.3, -0.25) is 15.0 Å². The van der Waals surface area contributed by atoms with Crippen LogP contribution in [-0.4, -0.2) is 22.9 Å². The molecule has 1 aromatic carbocycles. The van der Waals surface area contributed by atoms with Crippen molar-refractivity contribution < 1.29 is 4.92 Å². The van der Waals surface area contributed by atoms with Crippen LogP contribution in [0.2, 0.25) is 0 Å². The molecule has 0 saturated carbocycles. The Hall–Kier alpha value is -0.940. The molecule has 2 unspecified atom stereocenters. The maximum Gasteiger partial charge on any atom is 0.283 e. The van der Waals surface area contributed by atoms with Gasteiger partial charge in [0.2, 0.25) is 0 Å². The van der Waals surface area contributed by atoms with E-state index < -0.39 is 0 Å². The summed E-state index contributed by atoms with van der Waals surface area (Å²) in [6.45, 7) is 7.53. The van der Waals surface area contributed by atoms with Crippen molar-refractivity contribution in [1.82, 2.24) is 4.90 Å². The van der Waals surface area contributed by atoms with Crippen molar-refractivity contribution in [2.75, 3.05) is 13.1 Å². The van der Waals surface area contributed by atoms with E-state index in [4.69, 9.17) is 0 Å². The molecule has 5 heteroatoms. The lowest BCUT2D eigenvalue weighted by Gasteiger charge is -2.35. The molecule has 0 spiro atoms. The van der Waals surface area contributed by atoms with Crippen molar-refractivity contribution in [2.24, 2.45) is 11.8 Å². The maximum atomic E-state index is 10.9. The lowest BCUT2D eigenvalue weighted by atomic mass is 9.88. The molecule has 0 aromatic heterocycles. The molecule has 2 atom stereocenters.